The summed E-state index contributed by atoms with van der Waals surface area (Å²) in [6.07, 6.45) is 7.69. The molecule has 0 bridgehead atoms. The Kier molecular flexibility index (Phi) is 4.28. The van der Waals surface area contributed by atoms with Gasteiger partial charge in [-0.15, -0.1) is 0 Å². The SMILES string of the molecule is CN1CCC(n2c(-c3n[nH]c4ccc(-c5cccnc5)cc34)nc3cccnc32)CC1. The maximum absolute atomic E-state index is 4.99. The summed E-state index contributed by atoms with van der Waals surface area (Å²) in [6, 6.07) is 14.7. The molecule has 7 heteroatoms. The minimum absolute atomic E-state index is 0.361. The number of hydrogen-bond acceptors (Lipinski definition) is 5. The molecule has 1 fully saturated rings. The molecule has 1 saturated heterocycles. The average Bonchev–Trinajstić information content (AvgIpc) is 3.41. The summed E-state index contributed by atoms with van der Waals surface area (Å²) in [5.74, 6) is 0.887. The topological polar surface area (TPSA) is 75.5 Å². The third-order valence-corrected chi connectivity index (χ3v) is 6.27. The number of fused-ring (bicyclic) bond motifs is 2. The zero-order valence-corrected chi connectivity index (χ0v) is 17.4. The monoisotopic (exact) mass is 409 g/mol. The molecule has 0 atom stereocenters. The van der Waals surface area contributed by atoms with Crippen molar-refractivity contribution in [1.29, 1.82) is 0 Å². The zero-order valence-electron chi connectivity index (χ0n) is 17.4. The highest BCUT2D eigenvalue weighted by Crippen LogP contribution is 2.35. The standard InChI is InChI=1S/C24H23N7/c1-30-12-8-18(9-13-30)31-23-21(5-3-11-26-23)27-24(31)22-19-14-16(6-7-20(19)28-29-22)17-4-2-10-25-15-17/h2-7,10-11,14-15,18H,8-9,12-13H2,1H3,(H,28,29). The zero-order chi connectivity index (χ0) is 20.8. The van der Waals surface area contributed by atoms with Gasteiger partial charge in [0.2, 0.25) is 0 Å². The number of nitrogens with zero attached hydrogens (tertiary/aromatic N) is 6. The van der Waals surface area contributed by atoms with Gasteiger partial charge in [0.25, 0.3) is 0 Å². The largest absolute Gasteiger partial charge is 0.306 e. The molecular weight excluding hydrogens is 386 g/mol. The lowest BCUT2D eigenvalue weighted by molar-refractivity contribution is 0.224. The first-order chi connectivity index (χ1) is 15.3. The summed E-state index contributed by atoms with van der Waals surface area (Å²) in [5.41, 5.74) is 5.92. The van der Waals surface area contributed by atoms with Crippen molar-refractivity contribution < 1.29 is 0 Å². The molecule has 154 valence electrons. The van der Waals surface area contributed by atoms with Crippen LogP contribution >= 0.6 is 0 Å². The van der Waals surface area contributed by atoms with Crippen LogP contribution in [0.1, 0.15) is 18.9 Å². The fourth-order valence-corrected chi connectivity index (χ4v) is 4.59. The molecule has 5 heterocycles. The molecule has 0 amide bonds. The second-order valence-corrected chi connectivity index (χ2v) is 8.26. The second-order valence-electron chi connectivity index (χ2n) is 8.26. The fraction of sp³-hybridized carbons (Fsp3) is 0.250. The first-order valence-corrected chi connectivity index (χ1v) is 10.7. The molecule has 0 saturated carbocycles. The molecule has 1 aromatic carbocycles. The Morgan fingerprint density at radius 1 is 1.00 bits per heavy atom. The Morgan fingerprint density at radius 2 is 1.87 bits per heavy atom. The summed E-state index contributed by atoms with van der Waals surface area (Å²) < 4.78 is 2.31. The lowest BCUT2D eigenvalue weighted by Gasteiger charge is -2.30. The van der Waals surface area contributed by atoms with Crippen molar-refractivity contribution in [1.82, 2.24) is 34.6 Å². The van der Waals surface area contributed by atoms with E-state index in [-0.39, 0.29) is 0 Å². The smallest absolute Gasteiger partial charge is 0.163 e. The van der Waals surface area contributed by atoms with Crippen molar-refractivity contribution in [3.63, 3.8) is 0 Å². The maximum atomic E-state index is 4.99. The lowest BCUT2D eigenvalue weighted by Crippen LogP contribution is -2.31. The minimum atomic E-state index is 0.361. The molecule has 1 N–H and O–H groups in total. The van der Waals surface area contributed by atoms with E-state index in [4.69, 9.17) is 15.1 Å². The number of rotatable bonds is 3. The fourth-order valence-electron chi connectivity index (χ4n) is 4.59. The van der Waals surface area contributed by atoms with Gasteiger partial charge in [-0.1, -0.05) is 12.1 Å². The quantitative estimate of drug-likeness (QED) is 0.481. The second kappa shape index (κ2) is 7.28. The molecule has 5 aromatic rings. The van der Waals surface area contributed by atoms with E-state index in [0.717, 1.165) is 70.6 Å². The van der Waals surface area contributed by atoms with Gasteiger partial charge in [-0.25, -0.2) is 9.97 Å². The average molecular weight is 409 g/mol. The van der Waals surface area contributed by atoms with E-state index in [1.807, 2.05) is 30.6 Å². The summed E-state index contributed by atoms with van der Waals surface area (Å²) in [6.45, 7) is 2.15. The summed E-state index contributed by atoms with van der Waals surface area (Å²) in [7, 11) is 2.18. The number of benzene rings is 1. The van der Waals surface area contributed by atoms with Crippen LogP contribution in [0.5, 0.6) is 0 Å². The number of nitrogens with one attached hydrogen (secondary N) is 1. The van der Waals surface area contributed by atoms with Gasteiger partial charge in [-0.05, 0) is 68.9 Å². The van der Waals surface area contributed by atoms with Gasteiger partial charge in [0, 0.05) is 35.6 Å². The highest BCUT2D eigenvalue weighted by Gasteiger charge is 2.26. The lowest BCUT2D eigenvalue weighted by atomic mass is 10.0. The molecule has 4 aromatic heterocycles. The van der Waals surface area contributed by atoms with Gasteiger partial charge in [0.05, 0.1) is 5.52 Å². The Bertz CT molecular complexity index is 1360. The van der Waals surface area contributed by atoms with E-state index in [9.17, 15) is 0 Å². The van der Waals surface area contributed by atoms with E-state index in [0.29, 0.717) is 6.04 Å². The molecule has 0 radical (unpaired) electrons. The van der Waals surface area contributed by atoms with E-state index in [1.165, 1.54) is 0 Å². The number of hydrogen-bond donors (Lipinski definition) is 1. The Labute approximate surface area is 179 Å². The highest BCUT2D eigenvalue weighted by molar-refractivity contribution is 5.95. The van der Waals surface area contributed by atoms with E-state index < -0.39 is 0 Å². The predicted molar refractivity (Wildman–Crippen MR) is 122 cm³/mol. The van der Waals surface area contributed by atoms with Crippen LogP contribution in [0.2, 0.25) is 0 Å². The summed E-state index contributed by atoms with van der Waals surface area (Å²) in [4.78, 5) is 16.3. The number of piperidine rings is 1. The van der Waals surface area contributed by atoms with Gasteiger partial charge < -0.3 is 9.47 Å². The van der Waals surface area contributed by atoms with Crippen LogP contribution in [0.15, 0.2) is 61.1 Å². The molecule has 0 spiro atoms. The van der Waals surface area contributed by atoms with E-state index >= 15 is 0 Å². The van der Waals surface area contributed by atoms with Crippen LogP contribution in [0.3, 0.4) is 0 Å². The van der Waals surface area contributed by atoms with Crippen molar-refractivity contribution >= 4 is 22.1 Å². The van der Waals surface area contributed by atoms with Gasteiger partial charge in [-0.3, -0.25) is 10.1 Å². The summed E-state index contributed by atoms with van der Waals surface area (Å²) >= 11 is 0. The van der Waals surface area contributed by atoms with Crippen LogP contribution in [-0.2, 0) is 0 Å². The third kappa shape index (κ3) is 3.09. The van der Waals surface area contributed by atoms with Gasteiger partial charge in [-0.2, -0.15) is 5.10 Å². The van der Waals surface area contributed by atoms with Crippen molar-refractivity contribution in [3.05, 3.63) is 61.1 Å². The third-order valence-electron chi connectivity index (χ3n) is 6.27. The molecule has 1 aliphatic rings. The highest BCUT2D eigenvalue weighted by atomic mass is 15.2. The van der Waals surface area contributed by atoms with Crippen molar-refractivity contribution in [3.8, 4) is 22.6 Å². The van der Waals surface area contributed by atoms with Crippen LogP contribution in [-0.4, -0.2) is 54.8 Å². The van der Waals surface area contributed by atoms with Crippen molar-refractivity contribution in [2.75, 3.05) is 20.1 Å². The van der Waals surface area contributed by atoms with Gasteiger partial charge in [0.1, 0.15) is 11.2 Å². The Morgan fingerprint density at radius 3 is 2.71 bits per heavy atom. The number of likely N-dealkylation sites (tertiary alicyclic amines) is 1. The molecule has 1 aliphatic heterocycles. The maximum Gasteiger partial charge on any atom is 0.163 e. The first kappa shape index (κ1) is 18.2. The van der Waals surface area contributed by atoms with Crippen LogP contribution < -0.4 is 0 Å². The number of imidazole rings is 1. The van der Waals surface area contributed by atoms with Crippen molar-refractivity contribution in [2.24, 2.45) is 0 Å². The van der Waals surface area contributed by atoms with Crippen LogP contribution in [0.25, 0.3) is 44.7 Å². The number of aromatic amines is 1. The van der Waals surface area contributed by atoms with Crippen molar-refractivity contribution in [2.45, 2.75) is 18.9 Å². The number of H-pyrrole nitrogens is 1. The predicted octanol–water partition coefficient (Wildman–Crippen LogP) is 4.30. The molecule has 0 aliphatic carbocycles. The Hall–Kier alpha value is -3.58. The number of aromatic nitrogens is 6. The van der Waals surface area contributed by atoms with Gasteiger partial charge in [0.15, 0.2) is 11.5 Å². The first-order valence-electron chi connectivity index (χ1n) is 10.7. The Balaban J connectivity index is 1.54. The van der Waals surface area contributed by atoms with E-state index in [2.05, 4.69) is 50.9 Å². The minimum Gasteiger partial charge on any atom is -0.306 e. The molecule has 0 unspecified atom stereocenters. The molecule has 31 heavy (non-hydrogen) atoms. The van der Waals surface area contributed by atoms with E-state index in [1.54, 1.807) is 6.20 Å². The summed E-state index contributed by atoms with van der Waals surface area (Å²) in [5, 5.41) is 8.96. The van der Waals surface area contributed by atoms with Crippen LogP contribution in [0.4, 0.5) is 0 Å². The number of pyridine rings is 2. The molecule has 6 rings (SSSR count). The molecule has 7 nitrogen and oxygen atoms in total. The van der Waals surface area contributed by atoms with Gasteiger partial charge >= 0.3 is 0 Å². The van der Waals surface area contributed by atoms with Crippen LogP contribution in [0, 0.1) is 0 Å². The molecular formula is C24H23N7. The normalized spacial score (nSPS) is 15.8.